The fourth-order valence-electron chi connectivity index (χ4n) is 1.61. The van der Waals surface area contributed by atoms with Crippen LogP contribution in [0.4, 0.5) is 0 Å². The Bertz CT molecular complexity index is 316. The molecule has 1 rings (SSSR count). The lowest BCUT2D eigenvalue weighted by molar-refractivity contribution is 0.159. The Morgan fingerprint density at radius 2 is 2.12 bits per heavy atom. The summed E-state index contributed by atoms with van der Waals surface area (Å²) in [4.78, 5) is 0. The monoisotopic (exact) mass is 257 g/mol. The van der Waals surface area contributed by atoms with Gasteiger partial charge in [0.05, 0.1) is 6.04 Å². The van der Waals surface area contributed by atoms with Gasteiger partial charge >= 0.3 is 0 Å². The molecule has 0 aromatic carbocycles. The third kappa shape index (κ3) is 5.10. The number of hydrogen-bond donors (Lipinski definition) is 1. The lowest BCUT2D eigenvalue weighted by Gasteiger charge is -2.08. The highest BCUT2D eigenvalue weighted by Crippen LogP contribution is 2.20. The summed E-state index contributed by atoms with van der Waals surface area (Å²) in [7, 11) is 1.73. The third-order valence-electron chi connectivity index (χ3n) is 2.53. The van der Waals surface area contributed by atoms with Crippen molar-refractivity contribution in [3.05, 3.63) is 10.0 Å². The minimum atomic E-state index is 0.305. The molecule has 1 heterocycles. The van der Waals surface area contributed by atoms with Gasteiger partial charge in [0.25, 0.3) is 0 Å². The summed E-state index contributed by atoms with van der Waals surface area (Å²) in [6.45, 7) is 8.27. The largest absolute Gasteiger partial charge is 0.384 e. The van der Waals surface area contributed by atoms with Crippen LogP contribution in [0.3, 0.4) is 0 Å². The first-order valence-electron chi connectivity index (χ1n) is 6.22. The fourth-order valence-corrected chi connectivity index (χ4v) is 2.65. The first-order valence-corrected chi connectivity index (χ1v) is 7.03. The highest BCUT2D eigenvalue weighted by Gasteiger charge is 2.13. The Morgan fingerprint density at radius 1 is 1.35 bits per heavy atom. The normalized spacial score (nSPS) is 14.8. The van der Waals surface area contributed by atoms with Gasteiger partial charge in [-0.3, -0.25) is 0 Å². The van der Waals surface area contributed by atoms with Crippen molar-refractivity contribution < 1.29 is 4.74 Å². The summed E-state index contributed by atoms with van der Waals surface area (Å²) in [5.74, 6) is 0.500. The van der Waals surface area contributed by atoms with E-state index in [0.29, 0.717) is 12.0 Å². The minimum Gasteiger partial charge on any atom is -0.384 e. The Kier molecular flexibility index (Phi) is 6.62. The molecular weight excluding hydrogens is 234 g/mol. The molecule has 1 aromatic heterocycles. The van der Waals surface area contributed by atoms with E-state index in [9.17, 15) is 0 Å². The van der Waals surface area contributed by atoms with Crippen molar-refractivity contribution in [3.8, 4) is 0 Å². The van der Waals surface area contributed by atoms with Gasteiger partial charge in [0.2, 0.25) is 0 Å². The molecule has 1 aromatic rings. The molecule has 4 nitrogen and oxygen atoms in total. The van der Waals surface area contributed by atoms with Crippen molar-refractivity contribution in [1.29, 1.82) is 0 Å². The van der Waals surface area contributed by atoms with E-state index >= 15 is 0 Å². The van der Waals surface area contributed by atoms with E-state index in [2.05, 4.69) is 36.3 Å². The van der Waals surface area contributed by atoms with Crippen LogP contribution in [0.5, 0.6) is 0 Å². The van der Waals surface area contributed by atoms with Crippen LogP contribution < -0.4 is 5.32 Å². The maximum atomic E-state index is 5.13. The van der Waals surface area contributed by atoms with Gasteiger partial charge in [-0.1, -0.05) is 25.2 Å². The van der Waals surface area contributed by atoms with E-state index in [-0.39, 0.29) is 0 Å². The summed E-state index contributed by atoms with van der Waals surface area (Å²) in [5, 5.41) is 14.1. The molecule has 0 aliphatic rings. The molecular formula is C12H23N3OS. The van der Waals surface area contributed by atoms with Gasteiger partial charge in [0, 0.05) is 20.1 Å². The number of nitrogens with one attached hydrogen (secondary N) is 1. The van der Waals surface area contributed by atoms with Gasteiger partial charge in [-0.2, -0.15) is 0 Å². The third-order valence-corrected chi connectivity index (χ3v) is 3.66. The van der Waals surface area contributed by atoms with Crippen LogP contribution in [0.15, 0.2) is 0 Å². The topological polar surface area (TPSA) is 47.0 Å². The molecule has 17 heavy (non-hydrogen) atoms. The summed E-state index contributed by atoms with van der Waals surface area (Å²) in [5.41, 5.74) is 0. The molecule has 0 aliphatic heterocycles. The maximum absolute atomic E-state index is 5.13. The van der Waals surface area contributed by atoms with E-state index in [4.69, 9.17) is 4.74 Å². The predicted octanol–water partition coefficient (Wildman–Crippen LogP) is 2.42. The average molecular weight is 257 g/mol. The standard InChI is InChI=1S/C12H23N3OS/c1-5-6-13-10(3)12-15-14-11(17-12)7-9(2)8-16-4/h9-10,13H,5-8H2,1-4H3. The van der Waals surface area contributed by atoms with Gasteiger partial charge in [0.15, 0.2) is 0 Å². The van der Waals surface area contributed by atoms with Crippen molar-refractivity contribution in [3.63, 3.8) is 0 Å². The molecule has 0 saturated heterocycles. The quantitative estimate of drug-likeness (QED) is 0.777. The zero-order chi connectivity index (χ0) is 12.7. The second kappa shape index (κ2) is 7.74. The molecule has 0 fully saturated rings. The SMILES string of the molecule is CCCNC(C)c1nnc(CC(C)COC)s1. The molecule has 5 heteroatoms. The van der Waals surface area contributed by atoms with E-state index in [1.165, 1.54) is 0 Å². The molecule has 0 spiro atoms. The van der Waals surface area contributed by atoms with Crippen molar-refractivity contribution in [2.45, 2.75) is 39.7 Å². The van der Waals surface area contributed by atoms with Gasteiger partial charge < -0.3 is 10.1 Å². The molecule has 0 radical (unpaired) electrons. The Morgan fingerprint density at radius 3 is 2.76 bits per heavy atom. The van der Waals surface area contributed by atoms with Gasteiger partial charge in [0.1, 0.15) is 10.0 Å². The van der Waals surface area contributed by atoms with Crippen LogP contribution in [0.1, 0.15) is 43.2 Å². The molecule has 98 valence electrons. The highest BCUT2D eigenvalue weighted by atomic mass is 32.1. The van der Waals surface area contributed by atoms with Gasteiger partial charge in [-0.05, 0) is 25.8 Å². The first-order chi connectivity index (χ1) is 8.17. The van der Waals surface area contributed by atoms with Crippen LogP contribution in [0.25, 0.3) is 0 Å². The number of methoxy groups -OCH3 is 1. The molecule has 2 atom stereocenters. The summed E-state index contributed by atoms with van der Waals surface area (Å²) in [6.07, 6.45) is 2.09. The smallest absolute Gasteiger partial charge is 0.134 e. The van der Waals surface area contributed by atoms with Crippen molar-refractivity contribution in [1.82, 2.24) is 15.5 Å². The summed E-state index contributed by atoms with van der Waals surface area (Å²) >= 11 is 1.71. The van der Waals surface area contributed by atoms with Crippen molar-refractivity contribution >= 4 is 11.3 Å². The number of nitrogens with zero attached hydrogens (tertiary/aromatic N) is 2. The molecule has 0 bridgehead atoms. The highest BCUT2D eigenvalue weighted by molar-refractivity contribution is 7.11. The molecule has 1 N–H and O–H groups in total. The second-order valence-electron chi connectivity index (χ2n) is 4.47. The van der Waals surface area contributed by atoms with Crippen LogP contribution >= 0.6 is 11.3 Å². The summed E-state index contributed by atoms with van der Waals surface area (Å²) in [6, 6.07) is 0.305. The lowest BCUT2D eigenvalue weighted by atomic mass is 10.1. The Balaban J connectivity index is 2.46. The number of rotatable bonds is 8. The molecule has 0 saturated carbocycles. The van der Waals surface area contributed by atoms with E-state index in [1.807, 2.05) is 0 Å². The number of ether oxygens (including phenoxy) is 1. The molecule has 2 unspecified atom stereocenters. The predicted molar refractivity (Wildman–Crippen MR) is 71.4 cm³/mol. The van der Waals surface area contributed by atoms with E-state index in [0.717, 1.165) is 36.0 Å². The fraction of sp³-hybridized carbons (Fsp3) is 0.833. The van der Waals surface area contributed by atoms with Crippen molar-refractivity contribution in [2.75, 3.05) is 20.3 Å². The first kappa shape index (κ1) is 14.5. The number of hydrogen-bond acceptors (Lipinski definition) is 5. The zero-order valence-electron chi connectivity index (χ0n) is 11.2. The molecule has 0 amide bonds. The van der Waals surface area contributed by atoms with Crippen LogP contribution in [-0.4, -0.2) is 30.5 Å². The van der Waals surface area contributed by atoms with E-state index in [1.54, 1.807) is 18.4 Å². The average Bonchev–Trinajstić information content (AvgIpc) is 2.74. The second-order valence-corrected chi connectivity index (χ2v) is 5.57. The van der Waals surface area contributed by atoms with Crippen LogP contribution in [0, 0.1) is 5.92 Å². The molecule has 0 aliphatic carbocycles. The van der Waals surface area contributed by atoms with Gasteiger partial charge in [-0.15, -0.1) is 10.2 Å². The Labute approximate surface area is 108 Å². The van der Waals surface area contributed by atoms with Crippen LogP contribution in [0.2, 0.25) is 0 Å². The summed E-state index contributed by atoms with van der Waals surface area (Å²) < 4.78 is 5.13. The zero-order valence-corrected chi connectivity index (χ0v) is 12.0. The van der Waals surface area contributed by atoms with Crippen molar-refractivity contribution in [2.24, 2.45) is 5.92 Å². The van der Waals surface area contributed by atoms with Crippen LogP contribution in [-0.2, 0) is 11.2 Å². The minimum absolute atomic E-state index is 0.305. The van der Waals surface area contributed by atoms with Gasteiger partial charge in [-0.25, -0.2) is 0 Å². The lowest BCUT2D eigenvalue weighted by Crippen LogP contribution is -2.19. The van der Waals surface area contributed by atoms with E-state index < -0.39 is 0 Å². The number of aromatic nitrogens is 2. The maximum Gasteiger partial charge on any atom is 0.134 e. The Hall–Kier alpha value is -0.520.